The van der Waals surface area contributed by atoms with Crippen LogP contribution in [0.3, 0.4) is 0 Å². The Morgan fingerprint density at radius 2 is 2.12 bits per heavy atom. The molecule has 1 unspecified atom stereocenters. The van der Waals surface area contributed by atoms with Crippen molar-refractivity contribution in [3.63, 3.8) is 0 Å². The van der Waals surface area contributed by atoms with Crippen LogP contribution in [0.15, 0.2) is 22.7 Å². The summed E-state index contributed by atoms with van der Waals surface area (Å²) in [5, 5.41) is 10.8. The third kappa shape index (κ3) is 3.94. The summed E-state index contributed by atoms with van der Waals surface area (Å²) in [5.41, 5.74) is 6.91. The molecule has 2 atom stereocenters. The Labute approximate surface area is 115 Å². The number of rotatable bonds is 4. The zero-order valence-electron chi connectivity index (χ0n) is 9.72. The summed E-state index contributed by atoms with van der Waals surface area (Å²) in [4.78, 5) is 10.4. The molecule has 1 rings (SSSR count). The van der Waals surface area contributed by atoms with Gasteiger partial charge in [0.2, 0.25) is 0 Å². The molecular weight excluding hydrogens is 307 g/mol. The summed E-state index contributed by atoms with van der Waals surface area (Å²) in [7, 11) is 0. The molecule has 0 aliphatic carbocycles. The van der Waals surface area contributed by atoms with Crippen LogP contribution in [0.25, 0.3) is 0 Å². The van der Waals surface area contributed by atoms with E-state index in [1.54, 1.807) is 12.1 Å². The molecule has 1 aromatic rings. The number of nitro groups is 1. The summed E-state index contributed by atoms with van der Waals surface area (Å²) >= 11 is 3.15. The second kappa shape index (κ2) is 6.93. The van der Waals surface area contributed by atoms with Gasteiger partial charge in [0.25, 0.3) is 5.69 Å². The molecule has 4 nitrogen and oxygen atoms in total. The van der Waals surface area contributed by atoms with Crippen molar-refractivity contribution in [2.75, 3.05) is 0 Å². The van der Waals surface area contributed by atoms with Crippen LogP contribution in [-0.4, -0.2) is 4.92 Å². The Bertz CT molecular complexity index is 401. The van der Waals surface area contributed by atoms with Crippen LogP contribution in [0.5, 0.6) is 0 Å². The van der Waals surface area contributed by atoms with Gasteiger partial charge in [-0.05, 0) is 33.5 Å². The van der Waals surface area contributed by atoms with Gasteiger partial charge in [0.1, 0.15) is 0 Å². The van der Waals surface area contributed by atoms with Crippen molar-refractivity contribution in [3.8, 4) is 0 Å². The van der Waals surface area contributed by atoms with E-state index in [2.05, 4.69) is 22.9 Å². The largest absolute Gasteiger partial charge is 0.324 e. The number of hydrogen-bond donors (Lipinski definition) is 1. The molecule has 2 N–H and O–H groups in total. The first-order chi connectivity index (χ1) is 7.47. The average Bonchev–Trinajstić information content (AvgIpc) is 2.27. The van der Waals surface area contributed by atoms with E-state index in [4.69, 9.17) is 5.73 Å². The second-order valence-corrected chi connectivity index (χ2v) is 4.73. The van der Waals surface area contributed by atoms with E-state index in [-0.39, 0.29) is 24.1 Å². The minimum absolute atomic E-state index is 0. The maximum atomic E-state index is 10.8. The molecule has 0 amide bonds. The maximum absolute atomic E-state index is 10.8. The summed E-state index contributed by atoms with van der Waals surface area (Å²) in [6.45, 7) is 4.09. The van der Waals surface area contributed by atoms with E-state index in [9.17, 15) is 10.1 Å². The van der Waals surface area contributed by atoms with E-state index in [1.807, 2.05) is 13.0 Å². The van der Waals surface area contributed by atoms with Gasteiger partial charge in [0.05, 0.1) is 9.40 Å². The molecule has 0 saturated carbocycles. The van der Waals surface area contributed by atoms with E-state index >= 15 is 0 Å². The third-order valence-corrected chi connectivity index (χ3v) is 3.48. The topological polar surface area (TPSA) is 69.2 Å². The fraction of sp³-hybridized carbons (Fsp3) is 0.455. The predicted molar refractivity (Wildman–Crippen MR) is 74.4 cm³/mol. The van der Waals surface area contributed by atoms with E-state index in [1.165, 1.54) is 0 Å². The first-order valence-electron chi connectivity index (χ1n) is 5.16. The van der Waals surface area contributed by atoms with Crippen molar-refractivity contribution in [2.24, 2.45) is 11.7 Å². The molecule has 96 valence electrons. The van der Waals surface area contributed by atoms with Crippen LogP contribution < -0.4 is 5.73 Å². The standard InChI is InChI=1S/C11H15BrN2O2.ClH/c1-3-7(2)11(13)8-4-5-9(12)10(6-8)14(15)16;/h4-7,11H,3,13H2,1-2H3;1H/t7?,11-;/m1./s1. The highest BCUT2D eigenvalue weighted by atomic mass is 79.9. The van der Waals surface area contributed by atoms with Crippen molar-refractivity contribution in [1.82, 2.24) is 0 Å². The summed E-state index contributed by atoms with van der Waals surface area (Å²) < 4.78 is 0.484. The zero-order chi connectivity index (χ0) is 12.3. The van der Waals surface area contributed by atoms with Crippen molar-refractivity contribution in [2.45, 2.75) is 26.3 Å². The molecule has 0 radical (unpaired) electrons. The van der Waals surface area contributed by atoms with Crippen molar-refractivity contribution in [3.05, 3.63) is 38.3 Å². The number of nitrogens with zero attached hydrogens (tertiary/aromatic N) is 1. The Morgan fingerprint density at radius 3 is 2.59 bits per heavy atom. The number of halogens is 2. The SMILES string of the molecule is CCC(C)[C@@H](N)c1ccc(Br)c([N+](=O)[O-])c1.Cl. The molecule has 0 spiro atoms. The van der Waals surface area contributed by atoms with Gasteiger partial charge in [-0.15, -0.1) is 12.4 Å². The minimum atomic E-state index is -0.406. The maximum Gasteiger partial charge on any atom is 0.283 e. The monoisotopic (exact) mass is 322 g/mol. The summed E-state index contributed by atoms with van der Waals surface area (Å²) in [5.74, 6) is 0.306. The van der Waals surface area contributed by atoms with Gasteiger partial charge in [-0.25, -0.2) is 0 Å². The molecule has 17 heavy (non-hydrogen) atoms. The van der Waals surface area contributed by atoms with E-state index < -0.39 is 4.92 Å². The van der Waals surface area contributed by atoms with Gasteiger partial charge in [0, 0.05) is 12.1 Å². The smallest absolute Gasteiger partial charge is 0.283 e. The predicted octanol–water partition coefficient (Wildman–Crippen LogP) is 3.83. The van der Waals surface area contributed by atoms with Crippen LogP contribution in [-0.2, 0) is 0 Å². The molecule has 0 bridgehead atoms. The van der Waals surface area contributed by atoms with E-state index in [0.717, 1.165) is 12.0 Å². The normalized spacial score (nSPS) is 13.6. The van der Waals surface area contributed by atoms with Gasteiger partial charge in [-0.2, -0.15) is 0 Å². The van der Waals surface area contributed by atoms with Gasteiger partial charge in [-0.1, -0.05) is 26.3 Å². The van der Waals surface area contributed by atoms with Gasteiger partial charge in [0.15, 0.2) is 0 Å². The molecule has 0 aromatic heterocycles. The second-order valence-electron chi connectivity index (χ2n) is 3.88. The molecule has 0 aliphatic rings. The molecule has 0 aliphatic heterocycles. The number of nitrogens with two attached hydrogens (primary N) is 1. The quantitative estimate of drug-likeness (QED) is 0.676. The summed E-state index contributed by atoms with van der Waals surface area (Å²) in [6, 6.07) is 4.89. The highest BCUT2D eigenvalue weighted by Gasteiger charge is 2.18. The van der Waals surface area contributed by atoms with Crippen molar-refractivity contribution in [1.29, 1.82) is 0 Å². The number of benzene rings is 1. The van der Waals surface area contributed by atoms with Crippen LogP contribution in [0.4, 0.5) is 5.69 Å². The lowest BCUT2D eigenvalue weighted by molar-refractivity contribution is -0.385. The molecule has 0 saturated heterocycles. The van der Waals surface area contributed by atoms with Crippen LogP contribution in [0, 0.1) is 16.0 Å². The third-order valence-electron chi connectivity index (χ3n) is 2.81. The molecule has 6 heteroatoms. The van der Waals surface area contributed by atoms with Crippen LogP contribution >= 0.6 is 28.3 Å². The van der Waals surface area contributed by atoms with Gasteiger partial charge in [-0.3, -0.25) is 10.1 Å². The van der Waals surface area contributed by atoms with Gasteiger partial charge >= 0.3 is 0 Å². The summed E-state index contributed by atoms with van der Waals surface area (Å²) in [6.07, 6.45) is 0.949. The Kier molecular flexibility index (Phi) is 6.67. The lowest BCUT2D eigenvalue weighted by Gasteiger charge is -2.18. The van der Waals surface area contributed by atoms with Crippen LogP contribution in [0.1, 0.15) is 31.9 Å². The lowest BCUT2D eigenvalue weighted by Crippen LogP contribution is -2.18. The number of nitro benzene ring substituents is 1. The zero-order valence-corrected chi connectivity index (χ0v) is 12.1. The highest BCUT2D eigenvalue weighted by Crippen LogP contribution is 2.30. The Balaban J connectivity index is 0.00000256. The fourth-order valence-electron chi connectivity index (χ4n) is 1.46. The average molecular weight is 324 g/mol. The first-order valence-corrected chi connectivity index (χ1v) is 5.96. The Morgan fingerprint density at radius 1 is 1.53 bits per heavy atom. The van der Waals surface area contributed by atoms with Crippen molar-refractivity contribution >= 4 is 34.0 Å². The lowest BCUT2D eigenvalue weighted by atomic mass is 9.93. The van der Waals surface area contributed by atoms with Crippen LogP contribution in [0.2, 0.25) is 0 Å². The van der Waals surface area contributed by atoms with Gasteiger partial charge < -0.3 is 5.73 Å². The minimum Gasteiger partial charge on any atom is -0.324 e. The number of hydrogen-bond acceptors (Lipinski definition) is 3. The molecular formula is C11H16BrClN2O2. The van der Waals surface area contributed by atoms with E-state index in [0.29, 0.717) is 10.4 Å². The Hall–Kier alpha value is -0.650. The molecule has 1 aromatic carbocycles. The van der Waals surface area contributed by atoms with Crippen molar-refractivity contribution < 1.29 is 4.92 Å². The fourth-order valence-corrected chi connectivity index (χ4v) is 1.85. The molecule has 0 fully saturated rings. The highest BCUT2D eigenvalue weighted by molar-refractivity contribution is 9.10. The molecule has 0 heterocycles. The first kappa shape index (κ1) is 16.4.